The van der Waals surface area contributed by atoms with E-state index >= 15 is 0 Å². The van der Waals surface area contributed by atoms with Gasteiger partial charge >= 0.3 is 12.1 Å². The zero-order chi connectivity index (χ0) is 17.5. The molecule has 1 aliphatic rings. The smallest absolute Gasteiger partial charge is 0.409 e. The van der Waals surface area contributed by atoms with E-state index in [0.717, 1.165) is 18.4 Å². The highest BCUT2D eigenvalue weighted by Gasteiger charge is 2.24. The number of hydrogen-bond acceptors (Lipinski definition) is 3. The van der Waals surface area contributed by atoms with E-state index in [4.69, 9.17) is 16.3 Å². The Morgan fingerprint density at radius 3 is 2.71 bits per heavy atom. The zero-order valence-electron chi connectivity index (χ0n) is 14.0. The maximum absolute atomic E-state index is 12.1. The Morgan fingerprint density at radius 2 is 2.08 bits per heavy atom. The molecular weight excluding hydrogens is 330 g/mol. The molecule has 0 bridgehead atoms. The van der Waals surface area contributed by atoms with Gasteiger partial charge in [0.1, 0.15) is 0 Å². The molecule has 0 aromatic heterocycles. The Morgan fingerprint density at radius 1 is 1.38 bits per heavy atom. The van der Waals surface area contributed by atoms with Crippen molar-refractivity contribution in [1.29, 1.82) is 0 Å². The number of nitrogens with zero attached hydrogens (tertiary/aromatic N) is 1. The molecule has 7 heteroatoms. The molecular formula is C17H24ClN3O3. The minimum absolute atomic E-state index is 0.0576. The van der Waals surface area contributed by atoms with E-state index in [1.807, 2.05) is 25.1 Å². The first-order chi connectivity index (χ1) is 11.5. The number of piperidine rings is 1. The minimum Gasteiger partial charge on any atom is -0.450 e. The molecule has 0 radical (unpaired) electrons. The van der Waals surface area contributed by atoms with Crippen molar-refractivity contribution in [2.75, 3.05) is 19.7 Å². The first-order valence-electron chi connectivity index (χ1n) is 8.23. The number of carbonyl (C=O) groups excluding carboxylic acids is 2. The molecule has 1 heterocycles. The monoisotopic (exact) mass is 353 g/mol. The van der Waals surface area contributed by atoms with Crippen molar-refractivity contribution in [3.63, 3.8) is 0 Å². The lowest BCUT2D eigenvalue weighted by atomic mass is 10.1. The van der Waals surface area contributed by atoms with Gasteiger partial charge < -0.3 is 20.3 Å². The van der Waals surface area contributed by atoms with Crippen molar-refractivity contribution in [2.24, 2.45) is 0 Å². The maximum Gasteiger partial charge on any atom is 0.409 e. The summed E-state index contributed by atoms with van der Waals surface area (Å²) in [6, 6.07) is 7.13. The largest absolute Gasteiger partial charge is 0.450 e. The van der Waals surface area contributed by atoms with Gasteiger partial charge in [-0.3, -0.25) is 0 Å². The second-order valence-electron chi connectivity index (χ2n) is 5.85. The fourth-order valence-corrected chi connectivity index (χ4v) is 2.90. The van der Waals surface area contributed by atoms with E-state index in [0.29, 0.717) is 24.7 Å². The number of ether oxygens (including phenoxy) is 1. The summed E-state index contributed by atoms with van der Waals surface area (Å²) in [5.41, 5.74) is 0.954. The highest BCUT2D eigenvalue weighted by Crippen LogP contribution is 2.17. The van der Waals surface area contributed by atoms with Gasteiger partial charge in [0.15, 0.2) is 0 Å². The van der Waals surface area contributed by atoms with Crippen molar-refractivity contribution in [3.05, 3.63) is 34.9 Å². The van der Waals surface area contributed by atoms with Crippen LogP contribution >= 0.6 is 11.6 Å². The average Bonchev–Trinajstić information content (AvgIpc) is 2.55. The molecule has 6 nitrogen and oxygen atoms in total. The fourth-order valence-electron chi connectivity index (χ4n) is 2.70. The van der Waals surface area contributed by atoms with Crippen LogP contribution < -0.4 is 10.6 Å². The number of halogens is 1. The van der Waals surface area contributed by atoms with Crippen LogP contribution in [0.1, 0.15) is 38.3 Å². The van der Waals surface area contributed by atoms with Gasteiger partial charge in [0.25, 0.3) is 0 Å². The number of likely N-dealkylation sites (tertiary alicyclic amines) is 1. The van der Waals surface area contributed by atoms with Gasteiger partial charge in [-0.25, -0.2) is 9.59 Å². The normalized spacial score (nSPS) is 16.4. The predicted octanol–water partition coefficient (Wildman–Crippen LogP) is 3.32. The van der Waals surface area contributed by atoms with Crippen LogP contribution in [-0.2, 0) is 4.74 Å². The Kier molecular flexibility index (Phi) is 6.73. The molecule has 1 fully saturated rings. The second kappa shape index (κ2) is 8.78. The van der Waals surface area contributed by atoms with Crippen molar-refractivity contribution < 1.29 is 14.3 Å². The highest BCUT2D eigenvalue weighted by molar-refractivity contribution is 6.30. The Labute approximate surface area is 147 Å². The van der Waals surface area contributed by atoms with Gasteiger partial charge in [-0.1, -0.05) is 23.7 Å². The molecule has 0 aliphatic carbocycles. The number of carbonyl (C=O) groups is 2. The van der Waals surface area contributed by atoms with Crippen LogP contribution in [0.3, 0.4) is 0 Å². The molecule has 1 saturated heterocycles. The van der Waals surface area contributed by atoms with Crippen LogP contribution in [0, 0.1) is 0 Å². The van der Waals surface area contributed by atoms with Crippen LogP contribution in [0.25, 0.3) is 0 Å². The van der Waals surface area contributed by atoms with Gasteiger partial charge in [-0.15, -0.1) is 0 Å². The molecule has 1 aliphatic heterocycles. The second-order valence-corrected chi connectivity index (χ2v) is 6.29. The molecule has 1 unspecified atom stereocenters. The summed E-state index contributed by atoms with van der Waals surface area (Å²) in [6.07, 6.45) is 1.16. The van der Waals surface area contributed by atoms with Crippen molar-refractivity contribution in [2.45, 2.75) is 38.8 Å². The molecule has 1 aromatic rings. The van der Waals surface area contributed by atoms with E-state index in [1.165, 1.54) is 0 Å². The van der Waals surface area contributed by atoms with Gasteiger partial charge in [-0.05, 0) is 44.4 Å². The number of amides is 3. The summed E-state index contributed by atoms with van der Waals surface area (Å²) in [5.74, 6) is 0. The minimum atomic E-state index is -0.282. The third-order valence-corrected chi connectivity index (χ3v) is 4.29. The molecule has 1 atom stereocenters. The van der Waals surface area contributed by atoms with Crippen molar-refractivity contribution in [3.8, 4) is 0 Å². The van der Waals surface area contributed by atoms with Crippen LogP contribution in [0.15, 0.2) is 24.3 Å². The topological polar surface area (TPSA) is 70.7 Å². The first-order valence-corrected chi connectivity index (χ1v) is 8.61. The molecule has 132 valence electrons. The number of benzene rings is 1. The third kappa shape index (κ3) is 5.30. The third-order valence-electron chi connectivity index (χ3n) is 4.05. The summed E-state index contributed by atoms with van der Waals surface area (Å²) in [6.45, 7) is 5.26. The summed E-state index contributed by atoms with van der Waals surface area (Å²) in [7, 11) is 0. The summed E-state index contributed by atoms with van der Waals surface area (Å²) < 4.78 is 4.99. The number of hydrogen-bond donors (Lipinski definition) is 2. The average molecular weight is 354 g/mol. The summed E-state index contributed by atoms with van der Waals surface area (Å²) in [4.78, 5) is 25.5. The molecule has 0 saturated carbocycles. The van der Waals surface area contributed by atoms with Crippen LogP contribution in [0.2, 0.25) is 5.02 Å². The Bertz CT molecular complexity index is 574. The molecule has 3 amide bonds. The number of rotatable bonds is 4. The van der Waals surface area contributed by atoms with Crippen LogP contribution in [0.4, 0.5) is 9.59 Å². The van der Waals surface area contributed by atoms with Gasteiger partial charge in [0, 0.05) is 24.2 Å². The van der Waals surface area contributed by atoms with E-state index in [-0.39, 0.29) is 24.2 Å². The van der Waals surface area contributed by atoms with E-state index in [2.05, 4.69) is 10.6 Å². The maximum atomic E-state index is 12.1. The SMILES string of the molecule is CCOC(=O)N1CCC(NC(=O)NC(C)c2cccc(Cl)c2)CC1. The van der Waals surface area contributed by atoms with E-state index in [9.17, 15) is 9.59 Å². The summed E-state index contributed by atoms with van der Waals surface area (Å²) >= 11 is 5.97. The standard InChI is InChI=1S/C17H24ClN3O3/c1-3-24-17(23)21-9-7-15(8-10-21)20-16(22)19-12(2)13-5-4-6-14(18)11-13/h4-6,11-12,15H,3,7-10H2,1-2H3,(H2,19,20,22). The predicted molar refractivity (Wildman–Crippen MR) is 93.2 cm³/mol. The molecule has 2 rings (SSSR count). The van der Waals surface area contributed by atoms with Gasteiger partial charge in [-0.2, -0.15) is 0 Å². The Hall–Kier alpha value is -1.95. The molecule has 1 aromatic carbocycles. The molecule has 2 N–H and O–H groups in total. The summed E-state index contributed by atoms with van der Waals surface area (Å²) in [5, 5.41) is 6.52. The molecule has 24 heavy (non-hydrogen) atoms. The first kappa shape index (κ1) is 18.4. The van der Waals surface area contributed by atoms with Crippen molar-refractivity contribution in [1.82, 2.24) is 15.5 Å². The highest BCUT2D eigenvalue weighted by atomic mass is 35.5. The lowest BCUT2D eigenvalue weighted by Crippen LogP contribution is -2.49. The van der Waals surface area contributed by atoms with Crippen LogP contribution in [0.5, 0.6) is 0 Å². The Balaban J connectivity index is 1.76. The quantitative estimate of drug-likeness (QED) is 0.872. The molecule has 0 spiro atoms. The van der Waals surface area contributed by atoms with Gasteiger partial charge in [0.05, 0.1) is 12.6 Å². The van der Waals surface area contributed by atoms with E-state index < -0.39 is 0 Å². The van der Waals surface area contributed by atoms with Crippen LogP contribution in [-0.4, -0.2) is 42.8 Å². The van der Waals surface area contributed by atoms with Gasteiger partial charge in [0.2, 0.25) is 0 Å². The lowest BCUT2D eigenvalue weighted by Gasteiger charge is -2.31. The number of urea groups is 1. The lowest BCUT2D eigenvalue weighted by molar-refractivity contribution is 0.0957. The number of nitrogens with one attached hydrogen (secondary N) is 2. The van der Waals surface area contributed by atoms with Crippen molar-refractivity contribution >= 4 is 23.7 Å². The zero-order valence-corrected chi connectivity index (χ0v) is 14.8. The fraction of sp³-hybridized carbons (Fsp3) is 0.529. The van der Waals surface area contributed by atoms with E-state index in [1.54, 1.807) is 17.9 Å².